The summed E-state index contributed by atoms with van der Waals surface area (Å²) in [6.07, 6.45) is 1.64. The minimum Gasteiger partial charge on any atom is -0.444 e. The van der Waals surface area contributed by atoms with Crippen LogP contribution in [0, 0.1) is 5.82 Å². The Hall–Kier alpha value is -4.20. The fraction of sp³-hybridized carbons (Fsp3) is 0.394. The highest BCUT2D eigenvalue weighted by Gasteiger charge is 2.43. The molecule has 10 nitrogen and oxygen atoms in total. The van der Waals surface area contributed by atoms with Gasteiger partial charge in [-0.3, -0.25) is 9.88 Å². The van der Waals surface area contributed by atoms with Gasteiger partial charge in [-0.25, -0.2) is 9.37 Å². The van der Waals surface area contributed by atoms with Crippen LogP contribution in [-0.2, 0) is 23.6 Å². The van der Waals surface area contributed by atoms with Gasteiger partial charge in [0.1, 0.15) is 17.3 Å². The summed E-state index contributed by atoms with van der Waals surface area (Å²) in [5.41, 5.74) is 3.13. The number of fused-ring (bicyclic) bond motifs is 2. The minimum absolute atomic E-state index is 0.0110. The molecule has 3 aliphatic heterocycles. The summed E-state index contributed by atoms with van der Waals surface area (Å²) < 4.78 is 66.0. The number of piperidine rings is 1. The van der Waals surface area contributed by atoms with Crippen LogP contribution in [-0.4, -0.2) is 55.4 Å². The van der Waals surface area contributed by atoms with Crippen LogP contribution >= 0.6 is 11.6 Å². The maximum atomic E-state index is 14.9. The molecule has 2 aromatic carbocycles. The van der Waals surface area contributed by atoms with Crippen LogP contribution in [0.4, 0.5) is 13.2 Å². The van der Waals surface area contributed by atoms with Crippen LogP contribution in [0.15, 0.2) is 53.2 Å². The van der Waals surface area contributed by atoms with Crippen molar-refractivity contribution in [2.24, 2.45) is 0 Å². The van der Waals surface area contributed by atoms with Gasteiger partial charge in [0, 0.05) is 24.1 Å². The van der Waals surface area contributed by atoms with Gasteiger partial charge in [-0.05, 0) is 68.6 Å². The molecule has 3 aliphatic rings. The van der Waals surface area contributed by atoms with Crippen molar-refractivity contribution in [2.45, 2.75) is 63.5 Å². The Morgan fingerprint density at radius 3 is 2.62 bits per heavy atom. The second-order valence-corrected chi connectivity index (χ2v) is 12.7. The van der Waals surface area contributed by atoms with E-state index in [-0.39, 0.29) is 23.4 Å². The van der Waals surface area contributed by atoms with E-state index in [4.69, 9.17) is 30.8 Å². The van der Waals surface area contributed by atoms with E-state index >= 15 is 0 Å². The Morgan fingerprint density at radius 2 is 1.89 bits per heavy atom. The quantitative estimate of drug-likeness (QED) is 0.173. The van der Waals surface area contributed by atoms with Crippen LogP contribution in [0.2, 0.25) is 5.02 Å². The number of rotatable bonds is 8. The van der Waals surface area contributed by atoms with Crippen molar-refractivity contribution in [1.82, 2.24) is 29.6 Å². The monoisotopic (exact) mass is 666 g/mol. The zero-order valence-corrected chi connectivity index (χ0v) is 26.1. The lowest BCUT2D eigenvalue weighted by Gasteiger charge is -2.33. The summed E-state index contributed by atoms with van der Waals surface area (Å²) in [6, 6.07) is 12.0. The average molecular weight is 667 g/mol. The molecule has 0 aliphatic carbocycles. The van der Waals surface area contributed by atoms with E-state index in [9.17, 15) is 13.2 Å². The van der Waals surface area contributed by atoms with Crippen molar-refractivity contribution in [1.29, 1.82) is 0 Å². The first-order valence-corrected chi connectivity index (χ1v) is 15.9. The molecule has 0 N–H and O–H groups in total. The molecule has 2 atom stereocenters. The number of aromatic nitrogens is 5. The smallest absolute Gasteiger partial charge is 0.315 e. The zero-order chi connectivity index (χ0) is 32.3. The maximum absolute atomic E-state index is 14.9. The van der Waals surface area contributed by atoms with Crippen molar-refractivity contribution in [2.75, 3.05) is 19.7 Å². The molecule has 5 aromatic rings. The number of likely N-dealkylation sites (tertiary alicyclic amines) is 1. The number of halogens is 4. The molecule has 244 valence electrons. The lowest BCUT2D eigenvalue weighted by molar-refractivity contribution is -0.0712. The first-order valence-electron chi connectivity index (χ1n) is 15.5. The third-order valence-corrected chi connectivity index (χ3v) is 9.41. The minimum atomic E-state index is -2.86. The number of hydrogen-bond donors (Lipinski definition) is 0. The molecule has 0 bridgehead atoms. The predicted octanol–water partition coefficient (Wildman–Crippen LogP) is 7.02. The van der Waals surface area contributed by atoms with Crippen molar-refractivity contribution < 1.29 is 31.9 Å². The number of para-hydroxylation sites is 1. The summed E-state index contributed by atoms with van der Waals surface area (Å²) in [7, 11) is 0. The zero-order valence-electron chi connectivity index (χ0n) is 25.3. The average Bonchev–Trinajstić information content (AvgIpc) is 3.74. The third-order valence-electron chi connectivity index (χ3n) is 9.17. The molecule has 6 heterocycles. The number of benzene rings is 2. The van der Waals surface area contributed by atoms with Crippen molar-refractivity contribution in [3.05, 3.63) is 82.3 Å². The highest BCUT2D eigenvalue weighted by atomic mass is 35.5. The normalized spacial score (nSPS) is 21.5. The van der Waals surface area contributed by atoms with E-state index in [1.54, 1.807) is 31.3 Å². The van der Waals surface area contributed by atoms with Crippen LogP contribution < -0.4 is 9.47 Å². The summed E-state index contributed by atoms with van der Waals surface area (Å²) in [6.45, 7) is 5.35. The number of alkyl halides is 2. The Bertz CT molecular complexity index is 1960. The van der Waals surface area contributed by atoms with Gasteiger partial charge in [0.25, 0.3) is 11.7 Å². The lowest BCUT2D eigenvalue weighted by atomic mass is 9.88. The fourth-order valence-corrected chi connectivity index (χ4v) is 6.78. The molecule has 3 aromatic heterocycles. The first-order chi connectivity index (χ1) is 22.7. The Balaban J connectivity index is 0.997. The molecule has 0 saturated carbocycles. The van der Waals surface area contributed by atoms with E-state index in [1.807, 2.05) is 12.1 Å². The van der Waals surface area contributed by atoms with E-state index in [1.165, 1.54) is 6.07 Å². The van der Waals surface area contributed by atoms with Crippen molar-refractivity contribution >= 4 is 22.6 Å². The number of nitrogens with zero attached hydrogens (tertiary/aromatic N) is 6. The van der Waals surface area contributed by atoms with Crippen LogP contribution in [0.5, 0.6) is 11.5 Å². The van der Waals surface area contributed by atoms with Gasteiger partial charge in [-0.2, -0.15) is 13.8 Å². The molecule has 0 amide bonds. The molecule has 8 rings (SSSR count). The van der Waals surface area contributed by atoms with Gasteiger partial charge in [0.05, 0.1) is 42.0 Å². The predicted molar refractivity (Wildman–Crippen MR) is 164 cm³/mol. The molecule has 0 spiro atoms. The molecule has 2 saturated heterocycles. The third kappa shape index (κ3) is 5.59. The van der Waals surface area contributed by atoms with Gasteiger partial charge in [-0.15, -0.1) is 0 Å². The summed E-state index contributed by atoms with van der Waals surface area (Å²) >= 11 is 5.98. The highest BCUT2D eigenvalue weighted by Crippen LogP contribution is 2.50. The van der Waals surface area contributed by atoms with Gasteiger partial charge in [-0.1, -0.05) is 28.9 Å². The van der Waals surface area contributed by atoms with Crippen LogP contribution in [0.1, 0.15) is 61.4 Å². The topological polar surface area (TPSA) is 101 Å². The molecular weight excluding hydrogens is 637 g/mol. The van der Waals surface area contributed by atoms with Gasteiger partial charge in [0.2, 0.25) is 5.82 Å². The SMILES string of the molecule is CC1(c2ccc(Cl)cc2F)Oc2cccc(C3CCN(Cc4nc5cc(-c6noc(C(F)F)n6)ncc5n4CC4CCO4)CC3)c2O1. The Morgan fingerprint density at radius 1 is 1.06 bits per heavy atom. The lowest BCUT2D eigenvalue weighted by Crippen LogP contribution is -2.35. The van der Waals surface area contributed by atoms with E-state index in [0.29, 0.717) is 40.8 Å². The maximum Gasteiger partial charge on any atom is 0.315 e. The first kappa shape index (κ1) is 30.2. The van der Waals surface area contributed by atoms with E-state index in [0.717, 1.165) is 55.9 Å². The molecule has 14 heteroatoms. The highest BCUT2D eigenvalue weighted by molar-refractivity contribution is 6.30. The van der Waals surface area contributed by atoms with Crippen molar-refractivity contribution in [3.63, 3.8) is 0 Å². The number of hydrogen-bond acceptors (Lipinski definition) is 9. The number of pyridine rings is 1. The number of imidazole rings is 1. The van der Waals surface area contributed by atoms with E-state index < -0.39 is 23.9 Å². The molecule has 0 radical (unpaired) electrons. The molecule has 2 unspecified atom stereocenters. The Labute approximate surface area is 272 Å². The van der Waals surface area contributed by atoms with Crippen LogP contribution in [0.25, 0.3) is 22.6 Å². The second kappa shape index (κ2) is 11.8. The van der Waals surface area contributed by atoms with Gasteiger partial charge >= 0.3 is 6.43 Å². The fourth-order valence-electron chi connectivity index (χ4n) is 6.62. The largest absolute Gasteiger partial charge is 0.444 e. The van der Waals surface area contributed by atoms with Crippen molar-refractivity contribution in [3.8, 4) is 23.0 Å². The second-order valence-electron chi connectivity index (χ2n) is 12.2. The summed E-state index contributed by atoms with van der Waals surface area (Å²) in [5.74, 6) is -0.216. The van der Waals surface area contributed by atoms with Gasteiger partial charge < -0.3 is 23.3 Å². The summed E-state index contributed by atoms with van der Waals surface area (Å²) in [5, 5.41) is 3.97. The molecule has 2 fully saturated rings. The molecule has 47 heavy (non-hydrogen) atoms. The van der Waals surface area contributed by atoms with E-state index in [2.05, 4.69) is 35.2 Å². The standard InChI is InChI=1S/C33H30ClF3N6O4/c1-33(22-6-5-19(34)13-23(22)35)45-27-4-2-3-21(29(27)46-33)18-7-10-42(11-8-18)17-28-39-24-14-25(31-40-32(30(36)37)47-41-31)38-15-26(24)43(28)16-20-9-12-44-20/h2-6,13-15,18,20,30H,7-12,16-17H2,1H3. The molecular formula is C33H30ClF3N6O4. The van der Waals surface area contributed by atoms with Crippen LogP contribution in [0.3, 0.4) is 0 Å². The number of ether oxygens (including phenoxy) is 3. The van der Waals surface area contributed by atoms with Gasteiger partial charge in [0.15, 0.2) is 11.5 Å². The Kier molecular flexibility index (Phi) is 7.57. The summed E-state index contributed by atoms with van der Waals surface area (Å²) in [4.78, 5) is 15.5.